The van der Waals surface area contributed by atoms with Crippen LogP contribution in [0.5, 0.6) is 0 Å². The molecule has 1 aromatic rings. The van der Waals surface area contributed by atoms with Crippen LogP contribution >= 0.6 is 15.9 Å². The fourth-order valence-corrected chi connectivity index (χ4v) is 2.15. The molecule has 1 rings (SSSR count). The van der Waals surface area contributed by atoms with Crippen molar-refractivity contribution in [3.05, 3.63) is 33.8 Å². The van der Waals surface area contributed by atoms with Gasteiger partial charge < -0.3 is 19.1 Å². The molecule has 1 aromatic carbocycles. The third-order valence-corrected chi connectivity index (χ3v) is 3.78. The molecule has 0 N–H and O–H groups in total. The fourth-order valence-electron chi connectivity index (χ4n) is 1.65. The molecule has 0 spiro atoms. The summed E-state index contributed by atoms with van der Waals surface area (Å²) >= 11 is 3.53. The minimum absolute atomic E-state index is 0.151. The summed E-state index contributed by atoms with van der Waals surface area (Å²) < 4.78 is 11.8. The fraction of sp³-hybridized carbons (Fsp3) is 0.500. The summed E-state index contributed by atoms with van der Waals surface area (Å²) in [5.41, 5.74) is 1.88. The Bertz CT molecular complexity index is 486. The van der Waals surface area contributed by atoms with E-state index in [4.69, 9.17) is 9.47 Å². The van der Waals surface area contributed by atoms with Crippen LogP contribution < -0.4 is 0 Å². The highest BCUT2D eigenvalue weighted by Gasteiger charge is 2.06. The number of hydrogen-bond donors (Lipinski definition) is 0. The smallest absolute Gasteiger partial charge is 0.149 e. The van der Waals surface area contributed by atoms with E-state index < -0.39 is 0 Å². The topological polar surface area (TPSA) is 108 Å². The molecule has 0 aliphatic heterocycles. The molecule has 0 aliphatic rings. The number of halogens is 1. The summed E-state index contributed by atoms with van der Waals surface area (Å²) in [7, 11) is 0. The van der Waals surface area contributed by atoms with E-state index in [1.54, 1.807) is 0 Å². The van der Waals surface area contributed by atoms with Crippen molar-refractivity contribution in [1.29, 1.82) is 0 Å². The number of aldehydes is 2. The highest BCUT2D eigenvalue weighted by Crippen LogP contribution is 2.23. The Labute approximate surface area is 164 Å². The Balaban J connectivity index is 2.17. The van der Waals surface area contributed by atoms with Gasteiger partial charge in [0.2, 0.25) is 0 Å². The van der Waals surface area contributed by atoms with Crippen molar-refractivity contribution in [2.75, 3.05) is 39.6 Å². The summed E-state index contributed by atoms with van der Waals surface area (Å²) in [5.74, 6) is 0. The van der Waals surface area contributed by atoms with E-state index >= 15 is 0 Å². The first-order valence-electron chi connectivity index (χ1n) is 7.90. The van der Waals surface area contributed by atoms with Crippen molar-refractivity contribution in [3.8, 4) is 0 Å². The van der Waals surface area contributed by atoms with Gasteiger partial charge in [0.15, 0.2) is 0 Å². The molecular weight excluding hydrogens is 432 g/mol. The van der Waals surface area contributed by atoms with E-state index in [0.29, 0.717) is 25.8 Å². The zero-order valence-electron chi connectivity index (χ0n) is 14.5. The maximum atomic E-state index is 9.98. The molecule has 0 unspecified atom stereocenters. The molecule has 11 heteroatoms. The minimum Gasteiger partial charge on any atom is -0.374 e. The molecule has 0 radical (unpaired) electrons. The lowest BCUT2D eigenvalue weighted by Gasteiger charge is -2.11. The summed E-state index contributed by atoms with van der Waals surface area (Å²) in [6.45, 7) is 1.18. The predicted octanol–water partition coefficient (Wildman–Crippen LogP) is 1.64. The molecular formula is C16H21BrO10. The summed E-state index contributed by atoms with van der Waals surface area (Å²) in [5, 5.41) is 8.56. The number of rotatable bonds is 18. The second-order valence-corrected chi connectivity index (χ2v) is 5.47. The highest BCUT2D eigenvalue weighted by molar-refractivity contribution is 9.10. The van der Waals surface area contributed by atoms with Crippen molar-refractivity contribution in [2.24, 2.45) is 0 Å². The number of ether oxygens (including phenoxy) is 2. The Kier molecular flexibility index (Phi) is 14.8. The van der Waals surface area contributed by atoms with Gasteiger partial charge in [0.1, 0.15) is 39.0 Å². The standard InChI is InChI=1S/C16H21BrO10/c17-16-14(12-20-8-10-24-26-22-6-4-18)2-1-3-15(16)13-21-9-11-25-27-23-7-5-19/h1-5H,6-13H2. The zero-order valence-corrected chi connectivity index (χ0v) is 16.1. The summed E-state index contributed by atoms with van der Waals surface area (Å²) in [6, 6.07) is 5.72. The Morgan fingerprint density at radius 1 is 0.741 bits per heavy atom. The molecule has 152 valence electrons. The summed E-state index contributed by atoms with van der Waals surface area (Å²) in [4.78, 5) is 38.0. The molecule has 27 heavy (non-hydrogen) atoms. The molecule has 0 heterocycles. The van der Waals surface area contributed by atoms with Gasteiger partial charge in [-0.15, -0.1) is 0 Å². The van der Waals surface area contributed by atoms with Crippen molar-refractivity contribution in [1.82, 2.24) is 0 Å². The van der Waals surface area contributed by atoms with Crippen molar-refractivity contribution >= 4 is 28.5 Å². The van der Waals surface area contributed by atoms with Gasteiger partial charge >= 0.3 is 0 Å². The van der Waals surface area contributed by atoms with Gasteiger partial charge in [-0.05, 0) is 11.1 Å². The largest absolute Gasteiger partial charge is 0.374 e. The number of hydrogen-bond acceptors (Lipinski definition) is 10. The molecule has 0 fully saturated rings. The molecule has 0 saturated heterocycles. The SMILES string of the molecule is O=CCOOOCCOCc1cccc(COCCOOOCC=O)c1Br. The van der Waals surface area contributed by atoms with E-state index in [0.717, 1.165) is 15.6 Å². The lowest BCUT2D eigenvalue weighted by molar-refractivity contribution is -0.509. The van der Waals surface area contributed by atoms with Gasteiger partial charge in [-0.2, -0.15) is 9.78 Å². The van der Waals surface area contributed by atoms with Gasteiger partial charge in [0.25, 0.3) is 0 Å². The first kappa shape index (κ1) is 23.8. The normalized spacial score (nSPS) is 10.9. The van der Waals surface area contributed by atoms with Crippen LogP contribution in [0.2, 0.25) is 0 Å². The van der Waals surface area contributed by atoms with E-state index in [1.165, 1.54) is 0 Å². The predicted molar refractivity (Wildman–Crippen MR) is 91.6 cm³/mol. The molecule has 0 atom stereocenters. The third kappa shape index (κ3) is 11.9. The number of carbonyl (C=O) groups is 2. The van der Waals surface area contributed by atoms with Crippen LogP contribution in [-0.4, -0.2) is 52.2 Å². The zero-order chi connectivity index (χ0) is 19.6. The van der Waals surface area contributed by atoms with Crippen LogP contribution in [0.4, 0.5) is 0 Å². The molecule has 0 bridgehead atoms. The molecule has 0 aromatic heterocycles. The lowest BCUT2D eigenvalue weighted by Crippen LogP contribution is -2.08. The average Bonchev–Trinajstić information content (AvgIpc) is 2.68. The van der Waals surface area contributed by atoms with Crippen molar-refractivity contribution < 1.29 is 48.7 Å². The lowest BCUT2D eigenvalue weighted by atomic mass is 10.1. The Hall–Kier alpha value is -1.28. The van der Waals surface area contributed by atoms with Crippen LogP contribution in [0.3, 0.4) is 0 Å². The minimum atomic E-state index is -0.199. The molecule has 0 aliphatic carbocycles. The van der Waals surface area contributed by atoms with E-state index in [2.05, 4.69) is 45.6 Å². The van der Waals surface area contributed by atoms with Crippen LogP contribution in [0.15, 0.2) is 22.7 Å². The maximum absolute atomic E-state index is 9.98. The van der Waals surface area contributed by atoms with E-state index in [9.17, 15) is 9.59 Å². The monoisotopic (exact) mass is 452 g/mol. The Morgan fingerprint density at radius 3 is 1.67 bits per heavy atom. The summed E-state index contributed by atoms with van der Waals surface area (Å²) in [6.07, 6.45) is 1.08. The second-order valence-electron chi connectivity index (χ2n) is 4.68. The van der Waals surface area contributed by atoms with Crippen LogP contribution in [0.1, 0.15) is 11.1 Å². The van der Waals surface area contributed by atoms with E-state index in [1.807, 2.05) is 18.2 Å². The van der Waals surface area contributed by atoms with Gasteiger partial charge in [0, 0.05) is 4.47 Å². The van der Waals surface area contributed by atoms with Crippen molar-refractivity contribution in [3.63, 3.8) is 0 Å². The molecule has 10 nitrogen and oxygen atoms in total. The van der Waals surface area contributed by atoms with Gasteiger partial charge in [-0.3, -0.25) is 0 Å². The van der Waals surface area contributed by atoms with E-state index in [-0.39, 0.29) is 39.6 Å². The number of benzene rings is 1. The van der Waals surface area contributed by atoms with Crippen LogP contribution in [0.25, 0.3) is 0 Å². The van der Waals surface area contributed by atoms with Crippen molar-refractivity contribution in [2.45, 2.75) is 13.2 Å². The first-order chi connectivity index (χ1) is 13.3. The number of carbonyl (C=O) groups excluding carboxylic acids is 2. The second kappa shape index (κ2) is 16.9. The first-order valence-corrected chi connectivity index (χ1v) is 8.70. The molecule has 0 amide bonds. The quantitative estimate of drug-likeness (QED) is 0.141. The van der Waals surface area contributed by atoms with Crippen LogP contribution in [-0.2, 0) is 61.9 Å². The van der Waals surface area contributed by atoms with Gasteiger partial charge in [-0.1, -0.05) is 44.2 Å². The maximum Gasteiger partial charge on any atom is 0.149 e. The Morgan fingerprint density at radius 2 is 1.22 bits per heavy atom. The highest BCUT2D eigenvalue weighted by atomic mass is 79.9. The van der Waals surface area contributed by atoms with Gasteiger partial charge in [-0.25, -0.2) is 9.78 Å². The third-order valence-electron chi connectivity index (χ3n) is 2.76. The van der Waals surface area contributed by atoms with Crippen LogP contribution in [0, 0.1) is 0 Å². The average molecular weight is 453 g/mol. The molecule has 0 saturated carbocycles. The van der Waals surface area contributed by atoms with Gasteiger partial charge in [0.05, 0.1) is 26.4 Å².